The Labute approximate surface area is 508 Å². The Hall–Kier alpha value is -6.13. The van der Waals surface area contributed by atoms with Crippen LogP contribution in [0.3, 0.4) is 0 Å². The van der Waals surface area contributed by atoms with E-state index in [0.717, 1.165) is 9.80 Å². The van der Waals surface area contributed by atoms with Crippen LogP contribution in [-0.2, 0) is 52.7 Å². The maximum atomic E-state index is 15.1. The fourth-order valence-corrected chi connectivity index (χ4v) is 10.7. The van der Waals surface area contributed by atoms with Crippen molar-refractivity contribution < 1.29 is 57.8 Å². The second-order valence-electron chi connectivity index (χ2n) is 26.1. The number of amides is 11. The van der Waals surface area contributed by atoms with Crippen molar-refractivity contribution in [1.82, 2.24) is 55.6 Å². The molecule has 0 radical (unpaired) electrons. The molecule has 0 aromatic heterocycles. The Bertz CT molecular complexity index is 2330. The van der Waals surface area contributed by atoms with Crippen LogP contribution in [0.5, 0.6) is 0 Å². The van der Waals surface area contributed by atoms with Crippen LogP contribution in [0, 0.1) is 41.4 Å². The zero-order valence-corrected chi connectivity index (χ0v) is 56.1. The van der Waals surface area contributed by atoms with Crippen molar-refractivity contribution >= 4 is 65.0 Å². The average molecular weight is 1200 g/mol. The molecule has 0 bridgehead atoms. The van der Waals surface area contributed by atoms with Crippen LogP contribution in [-0.4, -0.2) is 227 Å². The summed E-state index contributed by atoms with van der Waals surface area (Å²) in [4.78, 5) is 169. The Kier molecular flexibility index (Phi) is 31.5. The lowest BCUT2D eigenvalue weighted by Gasteiger charge is -2.41. The van der Waals surface area contributed by atoms with Crippen LogP contribution in [0.25, 0.3) is 0 Å². The van der Waals surface area contributed by atoms with E-state index in [9.17, 15) is 48.3 Å². The number of aliphatic hydroxyl groups is 1. The second kappa shape index (κ2) is 34.9. The molecule has 0 spiro atoms. The zero-order chi connectivity index (χ0) is 66.0. The summed E-state index contributed by atoms with van der Waals surface area (Å²) in [6.07, 6.45) is 3.04. The van der Waals surface area contributed by atoms with Gasteiger partial charge in [0.15, 0.2) is 0 Å². The predicted molar refractivity (Wildman–Crippen MR) is 328 cm³/mol. The first kappa shape index (κ1) is 76.9. The third-order valence-electron chi connectivity index (χ3n) is 16.1. The first-order chi connectivity index (χ1) is 39.2. The number of carbonyl (C=O) groups is 11. The van der Waals surface area contributed by atoms with Crippen molar-refractivity contribution in [2.24, 2.45) is 41.4 Å². The van der Waals surface area contributed by atoms with E-state index in [1.165, 1.54) is 87.7 Å². The summed E-state index contributed by atoms with van der Waals surface area (Å²) in [5.41, 5.74) is 0. The summed E-state index contributed by atoms with van der Waals surface area (Å²) in [5.74, 6) is -9.71. The minimum Gasteiger partial charge on any atom is -0.390 e. The molecule has 0 aliphatic carbocycles. The van der Waals surface area contributed by atoms with Gasteiger partial charge in [-0.15, -0.1) is 0 Å². The molecule has 12 atom stereocenters. The van der Waals surface area contributed by atoms with E-state index in [2.05, 4.69) is 21.3 Å². The molecule has 1 aliphatic heterocycles. The molecule has 0 saturated carbocycles. The highest BCUT2D eigenvalue weighted by molar-refractivity contribution is 5.99. The highest BCUT2D eigenvalue weighted by Gasteiger charge is 2.45. The SMILES string of the molecule is C/C=C/C[C@@H](C)[C@@H](O)[C@H]1C(=O)N[C@@H](CC)C(=O)N(C)CC(=O)N(C)[C@@H](CC(C)C)C(=O)N[C@@H](C(C)C)C(=O)N(C)[C@@H](CC(C)C)C(=O)N[C@H](C)C(=O)N[C@@H](C)C(=O)N(C)[C@@H](CC(C)C)C(=O)N(C)[C@@H](CC(C)C)C(=O)N(C)[C@@H](C(C)C)C(=O)N1C. The number of carbonyl (C=O) groups excluding carboxylic acids is 11. The van der Waals surface area contributed by atoms with E-state index in [1.54, 1.807) is 54.5 Å². The molecule has 1 fully saturated rings. The van der Waals surface area contributed by atoms with Crippen LogP contribution >= 0.6 is 0 Å². The highest BCUT2D eigenvalue weighted by atomic mass is 16.3. The third kappa shape index (κ3) is 21.7. The average Bonchev–Trinajstić information content (AvgIpc) is 3.62. The molecule has 23 heteroatoms. The van der Waals surface area contributed by atoms with Gasteiger partial charge in [-0.25, -0.2) is 0 Å². The molecule has 5 N–H and O–H groups in total. The van der Waals surface area contributed by atoms with Gasteiger partial charge in [0, 0.05) is 49.3 Å². The standard InChI is InChI=1S/C62H111N11O12/c1-25-27-28-40(15)52(75)51-56(79)65-43(26-2)58(81)67(18)33-48(74)68(19)44(29-34(3)4)55(78)66-49(38(11)12)61(84)69(20)45(30-35(5)6)54(77)63-41(16)53(76)64-42(17)57(80)70(21)46(31-36(7)8)59(82)71(22)47(32-37(9)10)60(83)72(23)50(39(13)14)62(85)73(51)24/h25,27,34-47,49-52,75H,26,28-33H2,1-24H3,(H,63,77)(H,64,76)(H,65,79)(H,66,78)/b27-25+/t40-,41-,42+,43+,44+,45+,46+,47+,49+,50+,51+,52-/m1/s1. The molecule has 1 heterocycles. The molecule has 1 rings (SSSR count). The monoisotopic (exact) mass is 1200 g/mol. The number of nitrogens with one attached hydrogen (secondary N) is 4. The molecule has 1 aliphatic rings. The molecule has 23 nitrogen and oxygen atoms in total. The quantitative estimate of drug-likeness (QED) is 0.148. The first-order valence-corrected chi connectivity index (χ1v) is 30.6. The summed E-state index contributed by atoms with van der Waals surface area (Å²) in [7, 11) is 9.92. The van der Waals surface area contributed by atoms with Crippen LogP contribution < -0.4 is 21.3 Å². The number of aliphatic hydroxyl groups excluding tert-OH is 1. The van der Waals surface area contributed by atoms with Crippen molar-refractivity contribution in [1.29, 1.82) is 0 Å². The van der Waals surface area contributed by atoms with Crippen molar-refractivity contribution in [3.05, 3.63) is 12.2 Å². The van der Waals surface area contributed by atoms with Gasteiger partial charge in [0.25, 0.3) is 0 Å². The van der Waals surface area contributed by atoms with Gasteiger partial charge in [-0.1, -0.05) is 109 Å². The number of rotatable bonds is 15. The number of hydrogen-bond donors (Lipinski definition) is 5. The highest BCUT2D eigenvalue weighted by Crippen LogP contribution is 2.26. The number of hydrogen-bond acceptors (Lipinski definition) is 12. The summed E-state index contributed by atoms with van der Waals surface area (Å²) in [5, 5.41) is 23.1. The summed E-state index contributed by atoms with van der Waals surface area (Å²) in [6.45, 7) is 29.3. The molecule has 0 unspecified atom stereocenters. The van der Waals surface area contributed by atoms with Crippen LogP contribution in [0.4, 0.5) is 0 Å². The molecular weight excluding hydrogens is 1090 g/mol. The Balaban J connectivity index is 4.32. The Morgan fingerprint density at radius 3 is 1.32 bits per heavy atom. The van der Waals surface area contributed by atoms with E-state index in [0.29, 0.717) is 6.42 Å². The normalized spacial score (nSPS) is 26.9. The fraction of sp³-hybridized carbons (Fsp3) is 0.790. The van der Waals surface area contributed by atoms with Crippen LogP contribution in [0.1, 0.15) is 156 Å². The third-order valence-corrected chi connectivity index (χ3v) is 16.1. The number of likely N-dealkylation sites (N-methyl/N-ethyl adjacent to an activating group) is 7. The maximum Gasteiger partial charge on any atom is 0.246 e. The van der Waals surface area contributed by atoms with Gasteiger partial charge < -0.3 is 60.7 Å². The largest absolute Gasteiger partial charge is 0.390 e. The van der Waals surface area contributed by atoms with Gasteiger partial charge in [-0.3, -0.25) is 52.7 Å². The minimum absolute atomic E-state index is 0.0229. The first-order valence-electron chi connectivity index (χ1n) is 30.6. The predicted octanol–water partition coefficient (Wildman–Crippen LogP) is 3.27. The van der Waals surface area contributed by atoms with E-state index < -0.39 is 156 Å². The number of nitrogens with zero attached hydrogens (tertiary/aromatic N) is 7. The van der Waals surface area contributed by atoms with E-state index in [1.807, 2.05) is 61.5 Å². The van der Waals surface area contributed by atoms with Crippen LogP contribution in [0.15, 0.2) is 12.2 Å². The van der Waals surface area contributed by atoms with E-state index in [4.69, 9.17) is 0 Å². The van der Waals surface area contributed by atoms with Gasteiger partial charge >= 0.3 is 0 Å². The van der Waals surface area contributed by atoms with E-state index in [-0.39, 0.29) is 55.8 Å². The molecule has 0 aromatic carbocycles. The van der Waals surface area contributed by atoms with Gasteiger partial charge in [0.1, 0.15) is 60.4 Å². The lowest BCUT2D eigenvalue weighted by Crippen LogP contribution is -2.63. The Morgan fingerprint density at radius 1 is 0.459 bits per heavy atom. The van der Waals surface area contributed by atoms with Gasteiger partial charge in [0.2, 0.25) is 65.0 Å². The maximum absolute atomic E-state index is 15.1. The minimum atomic E-state index is -1.61. The van der Waals surface area contributed by atoms with Gasteiger partial charge in [-0.2, -0.15) is 0 Å². The topological polar surface area (TPSA) is 279 Å². The zero-order valence-electron chi connectivity index (χ0n) is 56.1. The lowest BCUT2D eigenvalue weighted by atomic mass is 9.91. The summed E-state index contributed by atoms with van der Waals surface area (Å²) < 4.78 is 0. The lowest BCUT2D eigenvalue weighted by molar-refractivity contribution is -0.157. The molecule has 486 valence electrons. The van der Waals surface area contributed by atoms with Crippen LogP contribution in [0.2, 0.25) is 0 Å². The van der Waals surface area contributed by atoms with Gasteiger partial charge in [0.05, 0.1) is 12.6 Å². The van der Waals surface area contributed by atoms with E-state index >= 15 is 9.59 Å². The fourth-order valence-electron chi connectivity index (χ4n) is 10.7. The van der Waals surface area contributed by atoms with Crippen molar-refractivity contribution in [3.63, 3.8) is 0 Å². The van der Waals surface area contributed by atoms with Crippen molar-refractivity contribution in [2.45, 2.75) is 223 Å². The molecule has 0 aromatic rings. The Morgan fingerprint density at radius 2 is 0.871 bits per heavy atom. The molecule has 11 amide bonds. The number of allylic oxidation sites excluding steroid dienone is 2. The molecule has 85 heavy (non-hydrogen) atoms. The molecule has 1 saturated heterocycles. The smallest absolute Gasteiger partial charge is 0.246 e. The summed E-state index contributed by atoms with van der Waals surface area (Å²) >= 11 is 0. The van der Waals surface area contributed by atoms with Crippen molar-refractivity contribution in [2.75, 3.05) is 55.9 Å². The molecular formula is C62H111N11O12. The van der Waals surface area contributed by atoms with Crippen molar-refractivity contribution in [3.8, 4) is 0 Å². The van der Waals surface area contributed by atoms with Gasteiger partial charge in [-0.05, 0) is 101 Å². The second-order valence-corrected chi connectivity index (χ2v) is 26.1. The summed E-state index contributed by atoms with van der Waals surface area (Å²) in [6, 6.07) is -12.3.